The third-order valence-corrected chi connectivity index (χ3v) is 4.08. The molecule has 0 fully saturated rings. The van der Waals surface area contributed by atoms with E-state index < -0.39 is 0 Å². The number of rotatable bonds is 2. The summed E-state index contributed by atoms with van der Waals surface area (Å²) < 4.78 is 2.28. The fourth-order valence-corrected chi connectivity index (χ4v) is 3.02. The topological polar surface area (TPSA) is 29.9 Å². The highest BCUT2D eigenvalue weighted by atomic mass is 15.1. The lowest BCUT2D eigenvalue weighted by Crippen LogP contribution is -2.19. The second kappa shape index (κ2) is 5.09. The second-order valence-corrected chi connectivity index (χ2v) is 5.35. The molecule has 3 aromatic rings. The SMILES string of the molecule is C1=CC(n2ccc3c(-c4ccccc4)ccnc32)CCN1. The highest BCUT2D eigenvalue weighted by molar-refractivity contribution is 5.93. The normalized spacial score (nSPS) is 17.8. The van der Waals surface area contributed by atoms with E-state index in [2.05, 4.69) is 63.5 Å². The molecule has 104 valence electrons. The van der Waals surface area contributed by atoms with Crippen molar-refractivity contribution in [1.29, 1.82) is 0 Å². The van der Waals surface area contributed by atoms with Crippen molar-refractivity contribution in [3.8, 4) is 11.1 Å². The molecule has 1 unspecified atom stereocenters. The fourth-order valence-electron chi connectivity index (χ4n) is 3.02. The molecule has 1 atom stereocenters. The Labute approximate surface area is 123 Å². The van der Waals surface area contributed by atoms with Gasteiger partial charge < -0.3 is 9.88 Å². The molecule has 0 aliphatic carbocycles. The molecular weight excluding hydrogens is 258 g/mol. The van der Waals surface area contributed by atoms with Gasteiger partial charge in [0.15, 0.2) is 0 Å². The van der Waals surface area contributed by atoms with Crippen molar-refractivity contribution in [2.24, 2.45) is 0 Å². The maximum absolute atomic E-state index is 4.61. The monoisotopic (exact) mass is 275 g/mol. The van der Waals surface area contributed by atoms with Crippen molar-refractivity contribution in [3.63, 3.8) is 0 Å². The molecular formula is C18H17N3. The van der Waals surface area contributed by atoms with Crippen LogP contribution in [-0.2, 0) is 0 Å². The van der Waals surface area contributed by atoms with Crippen molar-refractivity contribution >= 4 is 11.0 Å². The predicted molar refractivity (Wildman–Crippen MR) is 86.0 cm³/mol. The first kappa shape index (κ1) is 12.2. The van der Waals surface area contributed by atoms with Crippen LogP contribution >= 0.6 is 0 Å². The Kier molecular flexibility index (Phi) is 2.96. The molecule has 3 heterocycles. The zero-order valence-electron chi connectivity index (χ0n) is 11.7. The number of nitrogens with one attached hydrogen (secondary N) is 1. The number of nitrogens with zero attached hydrogens (tertiary/aromatic N) is 2. The molecule has 1 aromatic carbocycles. The van der Waals surface area contributed by atoms with E-state index in [1.54, 1.807) is 0 Å². The minimum Gasteiger partial charge on any atom is -0.391 e. The summed E-state index contributed by atoms with van der Waals surface area (Å²) in [4.78, 5) is 4.61. The molecule has 21 heavy (non-hydrogen) atoms. The van der Waals surface area contributed by atoms with Gasteiger partial charge in [0.2, 0.25) is 0 Å². The maximum Gasteiger partial charge on any atom is 0.141 e. The maximum atomic E-state index is 4.61. The molecule has 3 heteroatoms. The van der Waals surface area contributed by atoms with Crippen molar-refractivity contribution in [3.05, 3.63) is 67.1 Å². The Morgan fingerprint density at radius 3 is 2.81 bits per heavy atom. The molecule has 4 rings (SSSR count). The van der Waals surface area contributed by atoms with Gasteiger partial charge in [0.05, 0.1) is 6.04 Å². The van der Waals surface area contributed by atoms with Crippen LogP contribution in [0.15, 0.2) is 67.1 Å². The molecule has 3 nitrogen and oxygen atoms in total. The van der Waals surface area contributed by atoms with Crippen LogP contribution in [0.4, 0.5) is 0 Å². The number of hydrogen-bond donors (Lipinski definition) is 1. The first-order valence-electron chi connectivity index (χ1n) is 7.34. The van der Waals surface area contributed by atoms with Gasteiger partial charge >= 0.3 is 0 Å². The Morgan fingerprint density at radius 2 is 2.00 bits per heavy atom. The Bertz CT molecular complexity index is 787. The van der Waals surface area contributed by atoms with Gasteiger partial charge in [0.1, 0.15) is 5.65 Å². The summed E-state index contributed by atoms with van der Waals surface area (Å²) in [5.41, 5.74) is 3.55. The lowest BCUT2D eigenvalue weighted by Gasteiger charge is -2.20. The molecule has 0 saturated carbocycles. The molecule has 1 aliphatic rings. The minimum atomic E-state index is 0.391. The van der Waals surface area contributed by atoms with E-state index in [0.717, 1.165) is 18.6 Å². The summed E-state index contributed by atoms with van der Waals surface area (Å²) in [6, 6.07) is 15.2. The first-order chi connectivity index (χ1) is 10.4. The third kappa shape index (κ3) is 2.11. The van der Waals surface area contributed by atoms with E-state index in [0.29, 0.717) is 6.04 Å². The van der Waals surface area contributed by atoms with Gasteiger partial charge in [-0.15, -0.1) is 0 Å². The lowest BCUT2D eigenvalue weighted by molar-refractivity contribution is 0.534. The van der Waals surface area contributed by atoms with E-state index in [1.807, 2.05) is 18.5 Å². The molecule has 0 amide bonds. The van der Waals surface area contributed by atoms with Gasteiger partial charge in [-0.3, -0.25) is 0 Å². The Hall–Kier alpha value is -2.55. The van der Waals surface area contributed by atoms with Crippen LogP contribution in [-0.4, -0.2) is 16.1 Å². The van der Waals surface area contributed by atoms with E-state index in [-0.39, 0.29) is 0 Å². The van der Waals surface area contributed by atoms with Crippen LogP contribution < -0.4 is 5.32 Å². The summed E-state index contributed by atoms with van der Waals surface area (Å²) in [7, 11) is 0. The second-order valence-electron chi connectivity index (χ2n) is 5.35. The molecule has 1 aliphatic heterocycles. The van der Waals surface area contributed by atoms with Crippen molar-refractivity contribution < 1.29 is 0 Å². The summed E-state index contributed by atoms with van der Waals surface area (Å²) >= 11 is 0. The number of pyridine rings is 1. The standard InChI is InChI=1S/C18H17N3/c1-2-4-14(5-3-1)16-8-12-20-18-17(16)9-13-21(18)15-6-10-19-11-7-15/h1-6,8-10,12-13,15,19H,7,11H2. The van der Waals surface area contributed by atoms with E-state index >= 15 is 0 Å². The zero-order chi connectivity index (χ0) is 14.1. The van der Waals surface area contributed by atoms with Crippen LogP contribution in [0.1, 0.15) is 12.5 Å². The quantitative estimate of drug-likeness (QED) is 0.772. The number of fused-ring (bicyclic) bond motifs is 1. The summed E-state index contributed by atoms with van der Waals surface area (Å²) in [5, 5.41) is 4.47. The van der Waals surface area contributed by atoms with Crippen LogP contribution in [0, 0.1) is 0 Å². The largest absolute Gasteiger partial charge is 0.391 e. The number of aromatic nitrogens is 2. The van der Waals surface area contributed by atoms with Gasteiger partial charge in [-0.25, -0.2) is 4.98 Å². The van der Waals surface area contributed by atoms with Crippen LogP contribution in [0.25, 0.3) is 22.2 Å². The van der Waals surface area contributed by atoms with Gasteiger partial charge in [-0.2, -0.15) is 0 Å². The Balaban J connectivity index is 1.87. The smallest absolute Gasteiger partial charge is 0.141 e. The van der Waals surface area contributed by atoms with Crippen molar-refractivity contribution in [1.82, 2.24) is 14.9 Å². The third-order valence-electron chi connectivity index (χ3n) is 4.08. The molecule has 0 spiro atoms. The van der Waals surface area contributed by atoms with Crippen LogP contribution in [0.3, 0.4) is 0 Å². The minimum absolute atomic E-state index is 0.391. The molecule has 0 bridgehead atoms. The highest BCUT2D eigenvalue weighted by Crippen LogP contribution is 2.30. The number of benzene rings is 1. The lowest BCUT2D eigenvalue weighted by atomic mass is 10.0. The van der Waals surface area contributed by atoms with Crippen LogP contribution in [0.2, 0.25) is 0 Å². The zero-order valence-corrected chi connectivity index (χ0v) is 11.7. The van der Waals surface area contributed by atoms with Crippen LogP contribution in [0.5, 0.6) is 0 Å². The fraction of sp³-hybridized carbons (Fsp3) is 0.167. The predicted octanol–water partition coefficient (Wildman–Crippen LogP) is 3.75. The van der Waals surface area contributed by atoms with Gasteiger partial charge in [-0.05, 0) is 42.0 Å². The van der Waals surface area contributed by atoms with Gasteiger partial charge in [0, 0.05) is 24.3 Å². The highest BCUT2D eigenvalue weighted by Gasteiger charge is 2.15. The number of allylic oxidation sites excluding steroid dienone is 1. The van der Waals surface area contributed by atoms with E-state index in [4.69, 9.17) is 0 Å². The van der Waals surface area contributed by atoms with E-state index in [1.165, 1.54) is 16.5 Å². The van der Waals surface area contributed by atoms with E-state index in [9.17, 15) is 0 Å². The first-order valence-corrected chi connectivity index (χ1v) is 7.34. The summed E-state index contributed by atoms with van der Waals surface area (Å²) in [6.45, 7) is 1.01. The molecule has 1 N–H and O–H groups in total. The molecule has 0 saturated heterocycles. The molecule has 0 radical (unpaired) electrons. The summed E-state index contributed by atoms with van der Waals surface area (Å²) in [5.74, 6) is 0. The number of hydrogen-bond acceptors (Lipinski definition) is 2. The average Bonchev–Trinajstić information content (AvgIpc) is 3.00. The summed E-state index contributed by atoms with van der Waals surface area (Å²) in [6.07, 6.45) is 9.41. The van der Waals surface area contributed by atoms with Crippen molar-refractivity contribution in [2.45, 2.75) is 12.5 Å². The Morgan fingerprint density at radius 1 is 1.10 bits per heavy atom. The van der Waals surface area contributed by atoms with Crippen molar-refractivity contribution in [2.75, 3.05) is 6.54 Å². The average molecular weight is 275 g/mol. The van der Waals surface area contributed by atoms with Gasteiger partial charge in [-0.1, -0.05) is 30.3 Å². The van der Waals surface area contributed by atoms with Gasteiger partial charge in [0.25, 0.3) is 0 Å². The molecule has 2 aromatic heterocycles.